The Hall–Kier alpha value is -2.67. The number of methoxy groups -OCH3 is 3. The maximum absolute atomic E-state index is 12.8. The number of rotatable bonds is 7. The van der Waals surface area contributed by atoms with E-state index in [1.807, 2.05) is 30.3 Å². The normalized spacial score (nSPS) is 12.9. The van der Waals surface area contributed by atoms with Crippen molar-refractivity contribution in [3.63, 3.8) is 0 Å². The molecule has 1 heterocycles. The van der Waals surface area contributed by atoms with Gasteiger partial charge in [-0.1, -0.05) is 36.4 Å². The minimum Gasteiger partial charge on any atom is -0.456 e. The Morgan fingerprint density at radius 2 is 1.67 bits per heavy atom. The highest BCUT2D eigenvalue weighted by Gasteiger charge is 2.41. The largest absolute Gasteiger partial charge is 0.456 e. The molecule has 1 unspecified atom stereocenters. The standard InChI is InChI=1S/C21H22O6/c1-14(23-2)21(24-3,25-4)27-18-12-8-11-17-20(18)16(22)13-19(26-17)15-9-6-5-7-10-15/h5-14H,1-4H3. The van der Waals surface area contributed by atoms with Crippen molar-refractivity contribution in [2.45, 2.75) is 19.0 Å². The molecule has 3 rings (SSSR count). The summed E-state index contributed by atoms with van der Waals surface area (Å²) in [7, 11) is 4.41. The van der Waals surface area contributed by atoms with E-state index in [9.17, 15) is 4.79 Å². The van der Waals surface area contributed by atoms with Crippen LogP contribution < -0.4 is 10.2 Å². The number of hydrogen-bond acceptors (Lipinski definition) is 6. The molecule has 0 saturated carbocycles. The van der Waals surface area contributed by atoms with Crippen LogP contribution in [0.3, 0.4) is 0 Å². The third-order valence-corrected chi connectivity index (χ3v) is 4.45. The predicted molar refractivity (Wildman–Crippen MR) is 102 cm³/mol. The highest BCUT2D eigenvalue weighted by atomic mass is 16.9. The molecule has 0 radical (unpaired) electrons. The van der Waals surface area contributed by atoms with Crippen LogP contribution in [0.25, 0.3) is 22.3 Å². The molecular weight excluding hydrogens is 348 g/mol. The first-order valence-electron chi connectivity index (χ1n) is 8.49. The molecule has 6 nitrogen and oxygen atoms in total. The zero-order valence-corrected chi connectivity index (χ0v) is 15.7. The maximum atomic E-state index is 12.8. The summed E-state index contributed by atoms with van der Waals surface area (Å²) in [5.41, 5.74) is 1.00. The van der Waals surface area contributed by atoms with Crippen LogP contribution in [0.15, 0.2) is 63.8 Å². The van der Waals surface area contributed by atoms with Crippen LogP contribution in [0.4, 0.5) is 0 Å². The average Bonchev–Trinajstić information content (AvgIpc) is 2.72. The molecular formula is C21H22O6. The molecule has 0 fully saturated rings. The van der Waals surface area contributed by atoms with E-state index in [2.05, 4.69) is 0 Å². The van der Waals surface area contributed by atoms with Gasteiger partial charge in [0.05, 0.1) is 0 Å². The molecule has 0 spiro atoms. The van der Waals surface area contributed by atoms with Crippen LogP contribution >= 0.6 is 0 Å². The maximum Gasteiger partial charge on any atom is 0.354 e. The van der Waals surface area contributed by atoms with Crippen molar-refractivity contribution in [1.29, 1.82) is 0 Å². The second-order valence-electron chi connectivity index (χ2n) is 5.96. The van der Waals surface area contributed by atoms with Crippen LogP contribution in [0.1, 0.15) is 6.92 Å². The lowest BCUT2D eigenvalue weighted by atomic mass is 10.1. The molecule has 0 bridgehead atoms. The van der Waals surface area contributed by atoms with Crippen molar-refractivity contribution >= 4 is 11.0 Å². The Morgan fingerprint density at radius 3 is 2.30 bits per heavy atom. The van der Waals surface area contributed by atoms with Gasteiger partial charge in [-0.05, 0) is 19.1 Å². The van der Waals surface area contributed by atoms with Crippen LogP contribution in [-0.2, 0) is 14.2 Å². The highest BCUT2D eigenvalue weighted by Crippen LogP contribution is 2.31. The summed E-state index contributed by atoms with van der Waals surface area (Å²) < 4.78 is 28.1. The molecule has 1 aromatic heterocycles. The second kappa shape index (κ2) is 7.92. The number of ether oxygens (including phenoxy) is 4. The summed E-state index contributed by atoms with van der Waals surface area (Å²) in [6, 6.07) is 16.0. The summed E-state index contributed by atoms with van der Waals surface area (Å²) in [5.74, 6) is -0.734. The topological polar surface area (TPSA) is 67.1 Å². The molecule has 0 aliphatic carbocycles. The molecule has 1 atom stereocenters. The van der Waals surface area contributed by atoms with Crippen LogP contribution in [0.5, 0.6) is 5.75 Å². The highest BCUT2D eigenvalue weighted by molar-refractivity contribution is 5.84. The first-order chi connectivity index (χ1) is 13.0. The van der Waals surface area contributed by atoms with Crippen molar-refractivity contribution < 1.29 is 23.4 Å². The van der Waals surface area contributed by atoms with Crippen molar-refractivity contribution in [3.8, 4) is 17.1 Å². The van der Waals surface area contributed by atoms with Gasteiger partial charge < -0.3 is 23.4 Å². The first-order valence-corrected chi connectivity index (χ1v) is 8.49. The molecule has 27 heavy (non-hydrogen) atoms. The fraction of sp³-hybridized carbons (Fsp3) is 0.286. The number of hydrogen-bond donors (Lipinski definition) is 0. The average molecular weight is 370 g/mol. The molecule has 0 aliphatic rings. The number of fused-ring (bicyclic) bond motifs is 1. The van der Waals surface area contributed by atoms with Gasteiger partial charge in [-0.25, -0.2) is 0 Å². The lowest BCUT2D eigenvalue weighted by molar-refractivity contribution is -0.361. The monoisotopic (exact) mass is 370 g/mol. The summed E-state index contributed by atoms with van der Waals surface area (Å²) in [5, 5.41) is 0.305. The van der Waals surface area contributed by atoms with E-state index in [0.29, 0.717) is 16.7 Å². The molecule has 6 heteroatoms. The summed E-state index contributed by atoms with van der Waals surface area (Å²) in [4.78, 5) is 12.8. The third kappa shape index (κ3) is 3.60. The van der Waals surface area contributed by atoms with Gasteiger partial charge in [-0.15, -0.1) is 0 Å². The Kier molecular flexibility index (Phi) is 5.60. The van der Waals surface area contributed by atoms with E-state index in [-0.39, 0.29) is 11.2 Å². The van der Waals surface area contributed by atoms with E-state index in [1.165, 1.54) is 27.4 Å². The summed E-state index contributed by atoms with van der Waals surface area (Å²) >= 11 is 0. The molecule has 142 valence electrons. The van der Waals surface area contributed by atoms with Gasteiger partial charge in [-0.3, -0.25) is 4.79 Å². The Morgan fingerprint density at radius 1 is 0.963 bits per heavy atom. The van der Waals surface area contributed by atoms with Crippen molar-refractivity contribution in [1.82, 2.24) is 0 Å². The van der Waals surface area contributed by atoms with Gasteiger partial charge in [0, 0.05) is 33.0 Å². The fourth-order valence-corrected chi connectivity index (χ4v) is 2.89. The Bertz CT molecular complexity index is 959. The SMILES string of the molecule is COC(C)C(OC)(OC)Oc1cccc2oc(-c3ccccc3)cc(=O)c12. The zero-order valence-electron chi connectivity index (χ0n) is 15.7. The van der Waals surface area contributed by atoms with E-state index >= 15 is 0 Å². The van der Waals surface area contributed by atoms with E-state index < -0.39 is 12.1 Å². The fourth-order valence-electron chi connectivity index (χ4n) is 2.89. The minimum absolute atomic E-state index is 0.225. The smallest absolute Gasteiger partial charge is 0.354 e. The van der Waals surface area contributed by atoms with Gasteiger partial charge >= 0.3 is 5.97 Å². The zero-order chi connectivity index (χ0) is 19.4. The Labute approximate surface area is 157 Å². The first kappa shape index (κ1) is 19.1. The van der Waals surface area contributed by atoms with E-state index in [4.69, 9.17) is 23.4 Å². The van der Waals surface area contributed by atoms with Crippen molar-refractivity contribution in [3.05, 3.63) is 64.8 Å². The Balaban J connectivity index is 2.12. The van der Waals surface area contributed by atoms with Crippen LogP contribution in [0, 0.1) is 0 Å². The van der Waals surface area contributed by atoms with Gasteiger partial charge in [0.2, 0.25) is 0 Å². The lowest BCUT2D eigenvalue weighted by Crippen LogP contribution is -2.50. The minimum atomic E-state index is -1.51. The third-order valence-electron chi connectivity index (χ3n) is 4.45. The molecule has 0 amide bonds. The lowest BCUT2D eigenvalue weighted by Gasteiger charge is -2.34. The summed E-state index contributed by atoms with van der Waals surface area (Å²) in [6.07, 6.45) is -0.557. The number of benzene rings is 2. The molecule has 3 aromatic rings. The van der Waals surface area contributed by atoms with E-state index in [0.717, 1.165) is 5.56 Å². The molecule has 0 N–H and O–H groups in total. The quantitative estimate of drug-likeness (QED) is 0.589. The van der Waals surface area contributed by atoms with Gasteiger partial charge in [0.25, 0.3) is 0 Å². The summed E-state index contributed by atoms with van der Waals surface area (Å²) in [6.45, 7) is 1.74. The van der Waals surface area contributed by atoms with Gasteiger partial charge in [0.1, 0.15) is 28.6 Å². The molecule has 2 aromatic carbocycles. The van der Waals surface area contributed by atoms with Gasteiger partial charge in [0.15, 0.2) is 5.43 Å². The van der Waals surface area contributed by atoms with Gasteiger partial charge in [-0.2, -0.15) is 0 Å². The van der Waals surface area contributed by atoms with Crippen molar-refractivity contribution in [2.75, 3.05) is 21.3 Å². The van der Waals surface area contributed by atoms with E-state index in [1.54, 1.807) is 25.1 Å². The predicted octanol–water partition coefficient (Wildman–Crippen LogP) is 3.82. The van der Waals surface area contributed by atoms with Crippen LogP contribution in [0.2, 0.25) is 0 Å². The molecule has 0 aliphatic heterocycles. The second-order valence-corrected chi connectivity index (χ2v) is 5.96. The van der Waals surface area contributed by atoms with Crippen molar-refractivity contribution in [2.24, 2.45) is 0 Å². The molecule has 0 saturated heterocycles. The van der Waals surface area contributed by atoms with Crippen LogP contribution in [-0.4, -0.2) is 33.4 Å².